The fraction of sp³-hybridized carbons (Fsp3) is 0.267. The highest BCUT2D eigenvalue weighted by molar-refractivity contribution is 6.01. The molecule has 0 aliphatic rings. The van der Waals surface area contributed by atoms with Crippen LogP contribution in [0.5, 0.6) is 0 Å². The summed E-state index contributed by atoms with van der Waals surface area (Å²) >= 11 is 0. The molecule has 128 valence electrons. The van der Waals surface area contributed by atoms with Crippen molar-refractivity contribution in [3.8, 4) is 0 Å². The van der Waals surface area contributed by atoms with Crippen molar-refractivity contribution in [3.05, 3.63) is 47.5 Å². The summed E-state index contributed by atoms with van der Waals surface area (Å²) in [4.78, 5) is 30.5. The molecule has 1 atom stereocenters. The third kappa shape index (κ3) is 11.6. The second-order valence-electron chi connectivity index (χ2n) is 4.27. The smallest absolute Gasteiger partial charge is 0.336 e. The number of rotatable bonds is 4. The maximum atomic E-state index is 10.5. The van der Waals surface area contributed by atoms with Crippen LogP contribution in [0.1, 0.15) is 34.6 Å². The van der Waals surface area contributed by atoms with Crippen molar-refractivity contribution in [2.24, 2.45) is 0 Å². The molecule has 1 aromatic carbocycles. The first-order valence-electron chi connectivity index (χ1n) is 6.27. The Morgan fingerprint density at radius 3 is 1.43 bits per heavy atom. The highest BCUT2D eigenvalue weighted by Crippen LogP contribution is 2.07. The van der Waals surface area contributed by atoms with Crippen LogP contribution in [0.4, 0.5) is 0 Å². The summed E-state index contributed by atoms with van der Waals surface area (Å²) in [5.41, 5.74) is -0.204. The molecule has 23 heavy (non-hydrogen) atoms. The van der Waals surface area contributed by atoms with Crippen molar-refractivity contribution in [1.82, 2.24) is 0 Å². The van der Waals surface area contributed by atoms with Crippen LogP contribution in [0.2, 0.25) is 0 Å². The molecule has 1 aromatic rings. The molecular weight excluding hydrogens is 308 g/mol. The maximum Gasteiger partial charge on any atom is 0.336 e. The van der Waals surface area contributed by atoms with Gasteiger partial charge < -0.3 is 25.5 Å². The van der Waals surface area contributed by atoms with Crippen LogP contribution in [0.25, 0.3) is 0 Å². The van der Waals surface area contributed by atoms with Crippen LogP contribution in [0.15, 0.2) is 36.4 Å². The van der Waals surface area contributed by atoms with Crippen molar-refractivity contribution in [1.29, 1.82) is 0 Å². The zero-order valence-electron chi connectivity index (χ0n) is 12.8. The molecule has 0 bridgehead atoms. The van der Waals surface area contributed by atoms with E-state index in [-0.39, 0.29) is 23.3 Å². The number of carboxylic acids is 3. The summed E-state index contributed by atoms with van der Waals surface area (Å²) < 4.78 is 0. The number of hydrogen-bond acceptors (Lipinski definition) is 5. The highest BCUT2D eigenvalue weighted by Gasteiger charge is 2.13. The summed E-state index contributed by atoms with van der Waals surface area (Å²) in [5.74, 6) is -3.39. The zero-order valence-corrected chi connectivity index (χ0v) is 12.8. The Labute approximate surface area is 132 Å². The van der Waals surface area contributed by atoms with Crippen molar-refractivity contribution < 1.29 is 39.9 Å². The fourth-order valence-corrected chi connectivity index (χ4v) is 0.856. The number of aromatic carboxylic acids is 2. The standard InChI is InChI=1S/C8H6O4.C4H6O2.C3H8O2/c9-7(10)5-3-1-2-4-6(5)8(11)12;1-3(2)4(5)6;1-3(5)2-4/h1-4H,(H,9,10)(H,11,12);1H2,2H3,(H,5,6);3-5H,2H2,1H3. The van der Waals surface area contributed by atoms with Crippen LogP contribution >= 0.6 is 0 Å². The lowest BCUT2D eigenvalue weighted by atomic mass is 10.1. The van der Waals surface area contributed by atoms with E-state index in [4.69, 9.17) is 25.5 Å². The zero-order chi connectivity index (χ0) is 18.6. The summed E-state index contributed by atoms with van der Waals surface area (Å²) in [7, 11) is 0. The molecule has 0 aliphatic carbocycles. The van der Waals surface area contributed by atoms with Gasteiger partial charge in [-0.2, -0.15) is 0 Å². The van der Waals surface area contributed by atoms with Gasteiger partial charge >= 0.3 is 17.9 Å². The van der Waals surface area contributed by atoms with E-state index < -0.39 is 24.0 Å². The molecule has 0 radical (unpaired) electrons. The Kier molecular flexibility index (Phi) is 11.7. The molecule has 8 heteroatoms. The molecule has 0 amide bonds. The third-order valence-corrected chi connectivity index (χ3v) is 2.02. The number of carboxylic acid groups (broad SMARTS) is 3. The predicted octanol–water partition coefficient (Wildman–Crippen LogP) is 1.09. The van der Waals surface area contributed by atoms with E-state index in [1.54, 1.807) is 0 Å². The Morgan fingerprint density at radius 2 is 1.30 bits per heavy atom. The minimum absolute atomic E-state index is 0.139. The number of carbonyl (C=O) groups is 3. The van der Waals surface area contributed by atoms with Crippen LogP contribution in [0, 0.1) is 0 Å². The lowest BCUT2D eigenvalue weighted by Gasteiger charge is -1.98. The molecule has 1 unspecified atom stereocenters. The van der Waals surface area contributed by atoms with Crippen molar-refractivity contribution in [2.45, 2.75) is 20.0 Å². The average molecular weight is 328 g/mol. The van der Waals surface area contributed by atoms with Crippen molar-refractivity contribution in [3.63, 3.8) is 0 Å². The Hall–Kier alpha value is -2.71. The molecule has 0 saturated heterocycles. The molecule has 8 nitrogen and oxygen atoms in total. The van der Waals surface area contributed by atoms with Gasteiger partial charge in [-0.3, -0.25) is 0 Å². The highest BCUT2D eigenvalue weighted by atomic mass is 16.4. The Bertz CT molecular complexity index is 503. The summed E-state index contributed by atoms with van der Waals surface area (Å²) in [6.45, 7) is 5.99. The molecule has 0 spiro atoms. The maximum absolute atomic E-state index is 10.5. The fourth-order valence-electron chi connectivity index (χ4n) is 0.856. The van der Waals surface area contributed by atoms with Crippen LogP contribution < -0.4 is 0 Å². The van der Waals surface area contributed by atoms with E-state index in [2.05, 4.69) is 6.58 Å². The second-order valence-corrected chi connectivity index (χ2v) is 4.27. The summed E-state index contributed by atoms with van der Waals surface area (Å²) in [5, 5.41) is 41.0. The van der Waals surface area contributed by atoms with Gasteiger partial charge in [0.1, 0.15) is 0 Å². The number of aliphatic hydroxyl groups is 2. The monoisotopic (exact) mass is 328 g/mol. The predicted molar refractivity (Wildman–Crippen MR) is 81.6 cm³/mol. The van der Waals surface area contributed by atoms with Crippen molar-refractivity contribution in [2.75, 3.05) is 6.61 Å². The SMILES string of the molecule is C=C(C)C(=O)O.CC(O)CO.O=C(O)c1ccccc1C(=O)O. The minimum atomic E-state index is -1.23. The van der Waals surface area contributed by atoms with Gasteiger partial charge in [-0.25, -0.2) is 14.4 Å². The number of hydrogen-bond donors (Lipinski definition) is 5. The van der Waals surface area contributed by atoms with Crippen LogP contribution in [-0.2, 0) is 4.79 Å². The van der Waals surface area contributed by atoms with Gasteiger partial charge in [-0.05, 0) is 26.0 Å². The molecule has 0 aliphatic heterocycles. The normalized spacial score (nSPS) is 10.1. The van der Waals surface area contributed by atoms with E-state index in [1.807, 2.05) is 0 Å². The third-order valence-electron chi connectivity index (χ3n) is 2.02. The lowest BCUT2D eigenvalue weighted by molar-refractivity contribution is -0.132. The first kappa shape index (κ1) is 22.6. The van der Waals surface area contributed by atoms with Gasteiger partial charge in [-0.1, -0.05) is 18.7 Å². The Morgan fingerprint density at radius 1 is 1.04 bits per heavy atom. The number of aliphatic carboxylic acids is 1. The quantitative estimate of drug-likeness (QED) is 0.515. The first-order valence-corrected chi connectivity index (χ1v) is 6.27. The van der Waals surface area contributed by atoms with Crippen molar-refractivity contribution >= 4 is 17.9 Å². The van der Waals surface area contributed by atoms with E-state index >= 15 is 0 Å². The van der Waals surface area contributed by atoms with E-state index in [9.17, 15) is 14.4 Å². The van der Waals surface area contributed by atoms with Gasteiger partial charge in [-0.15, -0.1) is 0 Å². The average Bonchev–Trinajstić information content (AvgIpc) is 2.48. The van der Waals surface area contributed by atoms with Gasteiger partial charge in [0, 0.05) is 5.57 Å². The summed E-state index contributed by atoms with van der Waals surface area (Å²) in [6, 6.07) is 5.48. The van der Waals surface area contributed by atoms with E-state index in [1.165, 1.54) is 38.1 Å². The number of aliphatic hydroxyl groups excluding tert-OH is 2. The molecule has 0 heterocycles. The second kappa shape index (κ2) is 11.9. The largest absolute Gasteiger partial charge is 0.478 e. The van der Waals surface area contributed by atoms with E-state index in [0.717, 1.165) is 0 Å². The number of benzene rings is 1. The van der Waals surface area contributed by atoms with E-state index in [0.29, 0.717) is 0 Å². The van der Waals surface area contributed by atoms with Gasteiger partial charge in [0.2, 0.25) is 0 Å². The van der Waals surface area contributed by atoms with Gasteiger partial charge in [0.15, 0.2) is 0 Å². The lowest BCUT2D eigenvalue weighted by Crippen LogP contribution is -2.06. The van der Waals surface area contributed by atoms with Crippen LogP contribution in [-0.4, -0.2) is 56.2 Å². The van der Waals surface area contributed by atoms with Crippen LogP contribution in [0.3, 0.4) is 0 Å². The molecule has 0 aromatic heterocycles. The molecule has 0 saturated carbocycles. The molecule has 5 N–H and O–H groups in total. The van der Waals surface area contributed by atoms with Gasteiger partial charge in [0.25, 0.3) is 0 Å². The van der Waals surface area contributed by atoms with Gasteiger partial charge in [0.05, 0.1) is 23.8 Å². The topological polar surface area (TPSA) is 152 Å². The molecular formula is C15H20O8. The minimum Gasteiger partial charge on any atom is -0.478 e. The summed E-state index contributed by atoms with van der Waals surface area (Å²) in [6.07, 6.45) is -0.560. The molecule has 1 rings (SSSR count). The first-order chi connectivity index (χ1) is 10.5. The molecule has 0 fully saturated rings. The Balaban J connectivity index is 0.